The summed E-state index contributed by atoms with van der Waals surface area (Å²) in [5, 5.41) is 2.49. The number of carbonyl (C=O) groups is 1. The highest BCUT2D eigenvalue weighted by Crippen LogP contribution is 2.28. The quantitative estimate of drug-likeness (QED) is 0.570. The van der Waals surface area contributed by atoms with Crippen LogP contribution in [-0.4, -0.2) is 10.9 Å². The number of aromatic nitrogens is 1. The lowest BCUT2D eigenvalue weighted by molar-refractivity contribution is -0.141. The highest BCUT2D eigenvalue weighted by Gasteiger charge is 2.32. The van der Waals surface area contributed by atoms with Crippen molar-refractivity contribution in [3.8, 4) is 0 Å². The first-order valence-corrected chi connectivity index (χ1v) is 8.26. The number of hydrogen-bond donors (Lipinski definition) is 1. The Morgan fingerprint density at radius 1 is 1.09 bits per heavy atom. The maximum Gasteiger partial charge on any atom is 0.433 e. The third-order valence-corrected chi connectivity index (χ3v) is 3.59. The Morgan fingerprint density at radius 2 is 1.70 bits per heavy atom. The highest BCUT2D eigenvalue weighted by molar-refractivity contribution is 5.90. The Balaban J connectivity index is 2.22. The van der Waals surface area contributed by atoms with Crippen LogP contribution < -0.4 is 5.32 Å². The van der Waals surface area contributed by atoms with Crippen molar-refractivity contribution in [3.63, 3.8) is 0 Å². The lowest BCUT2D eigenvalue weighted by atomic mass is 10.1. The van der Waals surface area contributed by atoms with Crippen molar-refractivity contribution in [2.24, 2.45) is 0 Å². The van der Waals surface area contributed by atoms with Crippen LogP contribution in [0.3, 0.4) is 0 Å². The van der Waals surface area contributed by atoms with E-state index in [2.05, 4.69) is 17.2 Å². The summed E-state index contributed by atoms with van der Waals surface area (Å²) in [6, 6.07) is 2.21. The molecule has 0 aliphatic carbocycles. The summed E-state index contributed by atoms with van der Waals surface area (Å²) in [6.07, 6.45) is 5.90. The third-order valence-electron chi connectivity index (χ3n) is 3.59. The maximum absolute atomic E-state index is 12.5. The first-order valence-electron chi connectivity index (χ1n) is 8.26. The maximum atomic E-state index is 12.5. The van der Waals surface area contributed by atoms with Crippen LogP contribution in [-0.2, 0) is 11.0 Å². The van der Waals surface area contributed by atoms with Crippen molar-refractivity contribution in [1.29, 1.82) is 0 Å². The molecule has 0 aliphatic heterocycles. The lowest BCUT2D eigenvalue weighted by Gasteiger charge is -2.09. The number of carbonyl (C=O) groups excluding carboxylic acids is 1. The molecular weight excluding hydrogens is 305 g/mol. The molecule has 3 nitrogen and oxygen atoms in total. The number of pyridine rings is 1. The van der Waals surface area contributed by atoms with E-state index in [9.17, 15) is 18.0 Å². The Bertz CT molecular complexity index is 475. The molecule has 1 N–H and O–H groups in total. The lowest BCUT2D eigenvalue weighted by Crippen LogP contribution is -2.13. The number of rotatable bonds is 10. The topological polar surface area (TPSA) is 42.0 Å². The number of unbranched alkanes of at least 4 members (excludes halogenated alkanes) is 7. The molecule has 0 saturated heterocycles. The largest absolute Gasteiger partial charge is 0.433 e. The van der Waals surface area contributed by atoms with Crippen molar-refractivity contribution in [3.05, 3.63) is 24.0 Å². The number of nitrogens with one attached hydrogen (secondary N) is 1. The van der Waals surface area contributed by atoms with E-state index < -0.39 is 11.9 Å². The zero-order chi connectivity index (χ0) is 17.1. The van der Waals surface area contributed by atoms with Crippen LogP contribution in [0.2, 0.25) is 0 Å². The number of halogens is 3. The summed E-state index contributed by atoms with van der Waals surface area (Å²) in [5.41, 5.74) is -0.862. The highest BCUT2D eigenvalue weighted by atomic mass is 19.4. The van der Waals surface area contributed by atoms with E-state index in [4.69, 9.17) is 0 Å². The van der Waals surface area contributed by atoms with Crippen LogP contribution >= 0.6 is 0 Å². The average Bonchev–Trinajstić information content (AvgIpc) is 2.49. The zero-order valence-electron chi connectivity index (χ0n) is 13.6. The van der Waals surface area contributed by atoms with E-state index in [-0.39, 0.29) is 11.6 Å². The minimum atomic E-state index is -4.50. The minimum absolute atomic E-state index is 0.136. The molecule has 0 unspecified atom stereocenters. The molecule has 130 valence electrons. The van der Waals surface area contributed by atoms with Crippen molar-refractivity contribution in [1.82, 2.24) is 4.98 Å². The van der Waals surface area contributed by atoms with Crippen LogP contribution in [0.1, 0.15) is 70.4 Å². The summed E-state index contributed by atoms with van der Waals surface area (Å²) >= 11 is 0. The smallest absolute Gasteiger partial charge is 0.326 e. The van der Waals surface area contributed by atoms with E-state index in [0.29, 0.717) is 6.42 Å². The number of amides is 1. The van der Waals surface area contributed by atoms with Crippen LogP contribution in [0, 0.1) is 0 Å². The Labute approximate surface area is 135 Å². The predicted octanol–water partition coefficient (Wildman–Crippen LogP) is 5.57. The van der Waals surface area contributed by atoms with Gasteiger partial charge in [-0.15, -0.1) is 0 Å². The molecule has 0 saturated carbocycles. The van der Waals surface area contributed by atoms with Crippen LogP contribution in [0.15, 0.2) is 18.3 Å². The third kappa shape index (κ3) is 8.57. The van der Waals surface area contributed by atoms with Crippen molar-refractivity contribution in [2.45, 2.75) is 70.9 Å². The Kier molecular flexibility index (Phi) is 8.66. The van der Waals surface area contributed by atoms with Gasteiger partial charge in [0.2, 0.25) is 5.91 Å². The number of hydrogen-bond acceptors (Lipinski definition) is 2. The molecule has 1 aromatic heterocycles. The zero-order valence-corrected chi connectivity index (χ0v) is 13.6. The van der Waals surface area contributed by atoms with Gasteiger partial charge in [0.1, 0.15) is 5.69 Å². The molecule has 0 fully saturated rings. The molecule has 1 amide bonds. The van der Waals surface area contributed by atoms with Crippen LogP contribution in [0.5, 0.6) is 0 Å². The van der Waals surface area contributed by atoms with E-state index in [1.54, 1.807) is 0 Å². The first-order chi connectivity index (χ1) is 10.9. The van der Waals surface area contributed by atoms with Gasteiger partial charge in [-0.05, 0) is 18.6 Å². The molecule has 1 heterocycles. The fourth-order valence-corrected chi connectivity index (χ4v) is 2.31. The summed E-state index contributed by atoms with van der Waals surface area (Å²) in [5.74, 6) is -0.254. The first kappa shape index (κ1) is 19.5. The van der Waals surface area contributed by atoms with E-state index in [0.717, 1.165) is 31.5 Å². The number of alkyl halides is 3. The molecule has 1 rings (SSSR count). The SMILES string of the molecule is CCCCCCCCCCC(=O)Nc1ccnc(C(F)(F)F)c1. The predicted molar refractivity (Wildman–Crippen MR) is 85.1 cm³/mol. The molecule has 0 aliphatic rings. The fraction of sp³-hybridized carbons (Fsp3) is 0.647. The van der Waals surface area contributed by atoms with Crippen molar-refractivity contribution >= 4 is 11.6 Å². The number of nitrogens with zero attached hydrogens (tertiary/aromatic N) is 1. The Morgan fingerprint density at radius 3 is 2.30 bits per heavy atom. The van der Waals surface area contributed by atoms with Gasteiger partial charge in [-0.25, -0.2) is 0 Å². The molecular formula is C17H25F3N2O. The molecule has 0 aromatic carbocycles. The van der Waals surface area contributed by atoms with Crippen molar-refractivity contribution in [2.75, 3.05) is 5.32 Å². The molecule has 6 heteroatoms. The second kappa shape index (κ2) is 10.2. The van der Waals surface area contributed by atoms with Gasteiger partial charge in [0.05, 0.1) is 0 Å². The molecule has 23 heavy (non-hydrogen) atoms. The van der Waals surface area contributed by atoms with E-state index >= 15 is 0 Å². The number of anilines is 1. The summed E-state index contributed by atoms with van der Waals surface area (Å²) in [4.78, 5) is 15.0. The average molecular weight is 330 g/mol. The van der Waals surface area contributed by atoms with Crippen LogP contribution in [0.4, 0.5) is 18.9 Å². The molecule has 1 aromatic rings. The Hall–Kier alpha value is -1.59. The molecule has 0 bridgehead atoms. The van der Waals surface area contributed by atoms with Gasteiger partial charge in [-0.3, -0.25) is 9.78 Å². The standard InChI is InChI=1S/C17H25F3N2O/c1-2-3-4-5-6-7-8-9-10-16(23)22-14-11-12-21-15(13-14)17(18,19)20/h11-13H,2-10H2,1H3,(H,21,22,23). The monoisotopic (exact) mass is 330 g/mol. The van der Waals surface area contributed by atoms with Gasteiger partial charge in [-0.1, -0.05) is 51.9 Å². The second-order valence-electron chi connectivity index (χ2n) is 5.70. The van der Waals surface area contributed by atoms with Gasteiger partial charge in [0, 0.05) is 18.3 Å². The van der Waals surface area contributed by atoms with Gasteiger partial charge in [0.15, 0.2) is 0 Å². The molecule has 0 spiro atoms. The van der Waals surface area contributed by atoms with Gasteiger partial charge in [-0.2, -0.15) is 13.2 Å². The molecule has 0 atom stereocenters. The van der Waals surface area contributed by atoms with Gasteiger partial charge < -0.3 is 5.32 Å². The summed E-state index contributed by atoms with van der Waals surface area (Å²) in [7, 11) is 0. The summed E-state index contributed by atoms with van der Waals surface area (Å²) in [6.45, 7) is 2.18. The van der Waals surface area contributed by atoms with Crippen molar-refractivity contribution < 1.29 is 18.0 Å². The second-order valence-corrected chi connectivity index (χ2v) is 5.70. The fourth-order valence-electron chi connectivity index (χ4n) is 2.31. The van der Waals surface area contributed by atoms with E-state index in [1.165, 1.54) is 38.2 Å². The molecule has 0 radical (unpaired) electrons. The van der Waals surface area contributed by atoms with Gasteiger partial charge in [0.25, 0.3) is 0 Å². The van der Waals surface area contributed by atoms with E-state index in [1.807, 2.05) is 0 Å². The summed E-state index contributed by atoms with van der Waals surface area (Å²) < 4.78 is 37.6. The van der Waals surface area contributed by atoms with Crippen LogP contribution in [0.25, 0.3) is 0 Å². The normalized spacial score (nSPS) is 11.5. The van der Waals surface area contributed by atoms with Gasteiger partial charge >= 0.3 is 6.18 Å². The minimum Gasteiger partial charge on any atom is -0.326 e.